The maximum atomic E-state index is 12.8. The van der Waals surface area contributed by atoms with Crippen LogP contribution in [0.5, 0.6) is 0 Å². The topological polar surface area (TPSA) is 117 Å². The lowest BCUT2D eigenvalue weighted by atomic mass is 10.1. The molecule has 1 fully saturated rings. The molecule has 3 rings (SSSR count). The van der Waals surface area contributed by atoms with Gasteiger partial charge in [-0.3, -0.25) is 14.3 Å². The van der Waals surface area contributed by atoms with Crippen molar-refractivity contribution in [1.82, 2.24) is 24.2 Å². The molecule has 0 spiro atoms. The highest BCUT2D eigenvalue weighted by atomic mass is 32.2. The third-order valence-corrected chi connectivity index (χ3v) is 6.19. The molecule has 1 saturated heterocycles. The summed E-state index contributed by atoms with van der Waals surface area (Å²) >= 11 is 0. The van der Waals surface area contributed by atoms with Crippen molar-refractivity contribution in [3.05, 3.63) is 33.1 Å². The minimum atomic E-state index is -3.75. The molecule has 0 saturated carbocycles. The fourth-order valence-electron chi connectivity index (χ4n) is 2.90. The second kappa shape index (κ2) is 6.11. The number of pyridine rings is 1. The highest BCUT2D eigenvalue weighted by molar-refractivity contribution is 7.89. The van der Waals surface area contributed by atoms with E-state index < -0.39 is 21.3 Å². The first-order chi connectivity index (χ1) is 11.3. The van der Waals surface area contributed by atoms with E-state index in [4.69, 9.17) is 0 Å². The number of sulfonamides is 1. The Bertz CT molecular complexity index is 994. The Kier molecular flexibility index (Phi) is 4.28. The maximum absolute atomic E-state index is 12.8. The van der Waals surface area contributed by atoms with Crippen molar-refractivity contribution in [2.45, 2.75) is 23.8 Å². The Hall–Kier alpha value is -2.04. The van der Waals surface area contributed by atoms with Gasteiger partial charge in [0.05, 0.1) is 5.39 Å². The summed E-state index contributed by atoms with van der Waals surface area (Å²) in [4.78, 5) is 29.7. The van der Waals surface area contributed by atoms with E-state index >= 15 is 0 Å². The molecule has 2 N–H and O–H groups in total. The minimum absolute atomic E-state index is 0.0455. The van der Waals surface area contributed by atoms with E-state index in [-0.39, 0.29) is 22.0 Å². The van der Waals surface area contributed by atoms with Gasteiger partial charge in [-0.05, 0) is 26.0 Å². The maximum Gasteiger partial charge on any atom is 0.329 e. The van der Waals surface area contributed by atoms with Gasteiger partial charge in [-0.2, -0.15) is 4.31 Å². The van der Waals surface area contributed by atoms with Gasteiger partial charge in [-0.25, -0.2) is 18.2 Å². The number of likely N-dealkylation sites (N-methyl/N-ethyl adjacent to an activating group) is 1. The Morgan fingerprint density at radius 3 is 2.83 bits per heavy atom. The summed E-state index contributed by atoms with van der Waals surface area (Å²) in [5.41, 5.74) is -1.10. The van der Waals surface area contributed by atoms with Crippen LogP contribution in [-0.4, -0.2) is 53.4 Å². The largest absolute Gasteiger partial charge is 0.329 e. The van der Waals surface area contributed by atoms with E-state index in [1.165, 1.54) is 28.2 Å². The van der Waals surface area contributed by atoms with Crippen LogP contribution in [0.15, 0.2) is 26.7 Å². The van der Waals surface area contributed by atoms with Crippen LogP contribution in [0, 0.1) is 0 Å². The number of nitrogens with zero attached hydrogens (tertiary/aromatic N) is 3. The molecule has 1 aliphatic rings. The molecule has 2 aromatic heterocycles. The van der Waals surface area contributed by atoms with Crippen LogP contribution in [-0.2, 0) is 17.1 Å². The number of rotatable bonds is 3. The van der Waals surface area contributed by atoms with Gasteiger partial charge in [0.25, 0.3) is 5.56 Å². The predicted molar refractivity (Wildman–Crippen MR) is 88.4 cm³/mol. The highest BCUT2D eigenvalue weighted by Gasteiger charge is 2.30. The zero-order valence-corrected chi connectivity index (χ0v) is 14.3. The van der Waals surface area contributed by atoms with Gasteiger partial charge in [0.1, 0.15) is 10.5 Å². The minimum Gasteiger partial charge on any atom is -0.316 e. The number of aromatic amines is 1. The van der Waals surface area contributed by atoms with Crippen molar-refractivity contribution < 1.29 is 8.42 Å². The molecule has 10 heteroatoms. The number of aryl methyl sites for hydroxylation is 1. The van der Waals surface area contributed by atoms with Crippen molar-refractivity contribution in [3.8, 4) is 0 Å². The molecule has 24 heavy (non-hydrogen) atoms. The molecule has 3 heterocycles. The summed E-state index contributed by atoms with van der Waals surface area (Å²) in [6.07, 6.45) is 2.88. The molecule has 1 atom stereocenters. The Labute approximate surface area is 138 Å². The summed E-state index contributed by atoms with van der Waals surface area (Å²) in [6.45, 7) is 0.808. The first-order valence-corrected chi connectivity index (χ1v) is 9.05. The summed E-state index contributed by atoms with van der Waals surface area (Å²) in [5, 5.41) is 3.16. The van der Waals surface area contributed by atoms with Crippen molar-refractivity contribution in [1.29, 1.82) is 0 Å². The lowest BCUT2D eigenvalue weighted by Gasteiger charge is -2.31. The summed E-state index contributed by atoms with van der Waals surface area (Å²) in [6, 6.07) is 1.38. The molecule has 0 radical (unpaired) electrons. The van der Waals surface area contributed by atoms with Crippen molar-refractivity contribution in [2.75, 3.05) is 20.1 Å². The van der Waals surface area contributed by atoms with Crippen LogP contribution in [0.4, 0.5) is 0 Å². The normalized spacial score (nSPS) is 19.7. The standard InChI is InChI=1S/C14H19N5O4S/c1-15-9-4-3-5-19(8-9)24(22,23)10-6-11-12(16-7-10)18(2)14(21)17-13(11)20/h6-7,9,15H,3-5,8H2,1-2H3,(H,17,20,21). The van der Waals surface area contributed by atoms with Crippen molar-refractivity contribution >= 4 is 21.1 Å². The van der Waals surface area contributed by atoms with E-state index in [2.05, 4.69) is 15.3 Å². The number of fused-ring (bicyclic) bond motifs is 1. The van der Waals surface area contributed by atoms with Crippen LogP contribution in [0.1, 0.15) is 12.8 Å². The average molecular weight is 353 g/mol. The number of H-pyrrole nitrogens is 1. The monoisotopic (exact) mass is 353 g/mol. The first-order valence-electron chi connectivity index (χ1n) is 7.61. The summed E-state index contributed by atoms with van der Waals surface area (Å²) in [7, 11) is -0.479. The Morgan fingerprint density at radius 2 is 2.12 bits per heavy atom. The molecule has 0 bridgehead atoms. The average Bonchev–Trinajstić information content (AvgIpc) is 2.59. The van der Waals surface area contributed by atoms with Crippen molar-refractivity contribution in [3.63, 3.8) is 0 Å². The third-order valence-electron chi connectivity index (χ3n) is 4.36. The van der Waals surface area contributed by atoms with Gasteiger partial charge >= 0.3 is 5.69 Å². The van der Waals surface area contributed by atoms with E-state index in [1.807, 2.05) is 0 Å². The number of nitrogens with one attached hydrogen (secondary N) is 2. The molecule has 1 aliphatic heterocycles. The van der Waals surface area contributed by atoms with Gasteiger partial charge in [-0.1, -0.05) is 0 Å². The van der Waals surface area contributed by atoms with E-state index in [0.29, 0.717) is 13.1 Å². The van der Waals surface area contributed by atoms with Gasteiger partial charge < -0.3 is 5.32 Å². The van der Waals surface area contributed by atoms with Gasteiger partial charge in [0, 0.05) is 32.4 Å². The van der Waals surface area contributed by atoms with Crippen LogP contribution in [0.3, 0.4) is 0 Å². The fraction of sp³-hybridized carbons (Fsp3) is 0.500. The summed E-state index contributed by atoms with van der Waals surface area (Å²) in [5.74, 6) is 0. The van der Waals surface area contributed by atoms with Gasteiger partial charge in [-0.15, -0.1) is 0 Å². The third kappa shape index (κ3) is 2.76. The van der Waals surface area contributed by atoms with Crippen molar-refractivity contribution in [2.24, 2.45) is 7.05 Å². The molecular weight excluding hydrogens is 334 g/mol. The number of hydrogen-bond donors (Lipinski definition) is 2. The molecule has 1 unspecified atom stereocenters. The Balaban J connectivity index is 2.09. The molecule has 0 aromatic carbocycles. The van der Waals surface area contributed by atoms with E-state index in [0.717, 1.165) is 12.8 Å². The zero-order chi connectivity index (χ0) is 17.5. The van der Waals surface area contributed by atoms with Crippen LogP contribution >= 0.6 is 0 Å². The van der Waals surface area contributed by atoms with Crippen LogP contribution in [0.2, 0.25) is 0 Å². The van der Waals surface area contributed by atoms with E-state index in [1.54, 1.807) is 7.05 Å². The highest BCUT2D eigenvalue weighted by Crippen LogP contribution is 2.21. The van der Waals surface area contributed by atoms with Gasteiger partial charge in [0.2, 0.25) is 10.0 Å². The second-order valence-electron chi connectivity index (χ2n) is 5.85. The molecular formula is C14H19N5O4S. The Morgan fingerprint density at radius 1 is 1.38 bits per heavy atom. The lowest BCUT2D eigenvalue weighted by molar-refractivity contribution is 0.293. The molecule has 9 nitrogen and oxygen atoms in total. The number of aromatic nitrogens is 3. The van der Waals surface area contributed by atoms with Gasteiger partial charge in [0.15, 0.2) is 0 Å². The zero-order valence-electron chi connectivity index (χ0n) is 13.4. The number of hydrogen-bond acceptors (Lipinski definition) is 6. The first kappa shape index (κ1) is 16.8. The van der Waals surface area contributed by atoms with Crippen LogP contribution in [0.25, 0.3) is 11.0 Å². The fourth-order valence-corrected chi connectivity index (χ4v) is 4.40. The molecule has 130 valence electrons. The SMILES string of the molecule is CNC1CCCN(S(=O)(=O)c2cnc3c(c2)c(=O)[nH]c(=O)n3C)C1. The molecule has 0 amide bonds. The predicted octanol–water partition coefficient (Wildman–Crippen LogP) is -1.01. The molecule has 2 aromatic rings. The second-order valence-corrected chi connectivity index (χ2v) is 7.79. The lowest BCUT2D eigenvalue weighted by Crippen LogP contribution is -2.46. The molecule has 0 aliphatic carbocycles. The van der Waals surface area contributed by atoms with E-state index in [9.17, 15) is 18.0 Å². The quantitative estimate of drug-likeness (QED) is 0.730. The summed E-state index contributed by atoms with van der Waals surface area (Å²) < 4.78 is 28.2. The van der Waals surface area contributed by atoms with Crippen LogP contribution < -0.4 is 16.6 Å². The number of piperidine rings is 1. The smallest absolute Gasteiger partial charge is 0.316 e.